The van der Waals surface area contributed by atoms with Crippen molar-refractivity contribution in [1.82, 2.24) is 10.2 Å². The maximum Gasteiger partial charge on any atom is 0.244 e. The van der Waals surface area contributed by atoms with E-state index < -0.39 is 28.5 Å². The Hall–Kier alpha value is -3.27. The van der Waals surface area contributed by atoms with Crippen LogP contribution in [0.3, 0.4) is 0 Å². The van der Waals surface area contributed by atoms with Gasteiger partial charge in [0.15, 0.2) is 0 Å². The summed E-state index contributed by atoms with van der Waals surface area (Å²) in [5.41, 5.74) is 1.05. The van der Waals surface area contributed by atoms with Gasteiger partial charge in [-0.2, -0.15) is 0 Å². The second kappa shape index (κ2) is 13.0. The quantitative estimate of drug-likeness (QED) is 0.449. The molecule has 0 bridgehead atoms. The number of hydrogen-bond acceptors (Lipinski definition) is 6. The monoisotopic (exact) mass is 505 g/mol. The van der Waals surface area contributed by atoms with E-state index in [1.54, 1.807) is 49.6 Å². The molecule has 1 N–H and O–H groups in total. The summed E-state index contributed by atoms with van der Waals surface area (Å²) in [6.45, 7) is 3.89. The zero-order valence-electron chi connectivity index (χ0n) is 21.0. The highest BCUT2D eigenvalue weighted by Crippen LogP contribution is 2.24. The fourth-order valence-corrected chi connectivity index (χ4v) is 4.47. The van der Waals surface area contributed by atoms with Gasteiger partial charge < -0.3 is 19.7 Å². The number of carbonyl (C=O) groups is 2. The van der Waals surface area contributed by atoms with Gasteiger partial charge in [-0.15, -0.1) is 0 Å². The number of methoxy groups -OCH3 is 2. The second-order valence-corrected chi connectivity index (χ2v) is 9.97. The van der Waals surface area contributed by atoms with Crippen LogP contribution in [0.5, 0.6) is 11.5 Å². The standard InChI is InChI=1S/C25H35N3O6S/c1-6-14-26-25(30)23(7-2)27(17-19-10-8-12-21(15-19)33-3)24(29)18-28(35(5,31)32)20-11-9-13-22(16-20)34-4/h8-13,15-16,23H,6-7,14,17-18H2,1-5H3,(H,26,30). The highest BCUT2D eigenvalue weighted by atomic mass is 32.2. The van der Waals surface area contributed by atoms with E-state index >= 15 is 0 Å². The van der Waals surface area contributed by atoms with Gasteiger partial charge in [0.2, 0.25) is 21.8 Å². The molecule has 2 aromatic carbocycles. The molecule has 0 aliphatic carbocycles. The fourth-order valence-electron chi connectivity index (χ4n) is 3.63. The highest BCUT2D eigenvalue weighted by molar-refractivity contribution is 7.92. The number of rotatable bonds is 13. The number of amides is 2. The van der Waals surface area contributed by atoms with Crippen molar-refractivity contribution in [2.45, 2.75) is 39.3 Å². The molecule has 1 unspecified atom stereocenters. The van der Waals surface area contributed by atoms with E-state index in [1.165, 1.54) is 12.0 Å². The van der Waals surface area contributed by atoms with Crippen LogP contribution in [0, 0.1) is 0 Å². The first-order valence-corrected chi connectivity index (χ1v) is 13.3. The average Bonchev–Trinajstić information content (AvgIpc) is 2.85. The van der Waals surface area contributed by atoms with Crippen LogP contribution in [0.1, 0.15) is 32.3 Å². The first-order valence-electron chi connectivity index (χ1n) is 11.5. The van der Waals surface area contributed by atoms with E-state index in [0.717, 1.165) is 22.5 Å². The van der Waals surface area contributed by atoms with Gasteiger partial charge in [0.1, 0.15) is 24.1 Å². The number of hydrogen-bond donors (Lipinski definition) is 1. The number of carbonyl (C=O) groups excluding carboxylic acids is 2. The Labute approximate surface area is 208 Å². The van der Waals surface area contributed by atoms with Gasteiger partial charge >= 0.3 is 0 Å². The van der Waals surface area contributed by atoms with Crippen molar-refractivity contribution in [2.75, 3.05) is 37.9 Å². The van der Waals surface area contributed by atoms with Crippen molar-refractivity contribution in [3.63, 3.8) is 0 Å². The third-order valence-electron chi connectivity index (χ3n) is 5.44. The van der Waals surface area contributed by atoms with Crippen LogP contribution >= 0.6 is 0 Å². The smallest absolute Gasteiger partial charge is 0.244 e. The van der Waals surface area contributed by atoms with E-state index in [-0.39, 0.29) is 12.5 Å². The Bertz CT molecular complexity index is 1110. The van der Waals surface area contributed by atoms with Crippen molar-refractivity contribution >= 4 is 27.5 Å². The van der Waals surface area contributed by atoms with Crippen molar-refractivity contribution in [3.05, 3.63) is 54.1 Å². The third kappa shape index (κ3) is 7.88. The molecule has 0 aliphatic heterocycles. The Kier molecular flexibility index (Phi) is 10.4. The normalized spacial score (nSPS) is 11.9. The van der Waals surface area contributed by atoms with Gasteiger partial charge in [-0.25, -0.2) is 8.42 Å². The van der Waals surface area contributed by atoms with Crippen LogP contribution in [-0.2, 0) is 26.2 Å². The molecule has 0 aromatic heterocycles. The minimum absolute atomic E-state index is 0.115. The lowest BCUT2D eigenvalue weighted by atomic mass is 10.1. The van der Waals surface area contributed by atoms with Gasteiger partial charge in [-0.3, -0.25) is 13.9 Å². The number of nitrogens with zero attached hydrogens (tertiary/aromatic N) is 2. The van der Waals surface area contributed by atoms with Gasteiger partial charge in [0, 0.05) is 19.2 Å². The molecule has 0 spiro atoms. The predicted molar refractivity (Wildman–Crippen MR) is 136 cm³/mol. The molecule has 9 nitrogen and oxygen atoms in total. The number of ether oxygens (including phenoxy) is 2. The van der Waals surface area contributed by atoms with Crippen molar-refractivity contribution in [2.24, 2.45) is 0 Å². The molecular formula is C25H35N3O6S. The summed E-state index contributed by atoms with van der Waals surface area (Å²) in [6, 6.07) is 12.9. The van der Waals surface area contributed by atoms with Gasteiger partial charge in [0.05, 0.1) is 26.2 Å². The predicted octanol–water partition coefficient (Wildman–Crippen LogP) is 2.80. The lowest BCUT2D eigenvalue weighted by molar-refractivity contribution is -0.140. The van der Waals surface area contributed by atoms with Crippen molar-refractivity contribution in [3.8, 4) is 11.5 Å². The highest BCUT2D eigenvalue weighted by Gasteiger charge is 2.31. The largest absolute Gasteiger partial charge is 0.497 e. The number of benzene rings is 2. The number of anilines is 1. The summed E-state index contributed by atoms with van der Waals surface area (Å²) in [6.07, 6.45) is 2.16. The molecule has 0 fully saturated rings. The second-order valence-electron chi connectivity index (χ2n) is 8.06. The summed E-state index contributed by atoms with van der Waals surface area (Å²) in [7, 11) is -0.786. The van der Waals surface area contributed by atoms with Crippen molar-refractivity contribution < 1.29 is 27.5 Å². The number of sulfonamides is 1. The molecule has 2 amide bonds. The molecule has 1 atom stereocenters. The van der Waals surface area contributed by atoms with Crippen LogP contribution in [0.25, 0.3) is 0 Å². The van der Waals surface area contributed by atoms with Crippen LogP contribution in [0.15, 0.2) is 48.5 Å². The van der Waals surface area contributed by atoms with Crippen LogP contribution in [-0.4, -0.2) is 64.7 Å². The van der Waals surface area contributed by atoms with E-state index in [9.17, 15) is 18.0 Å². The molecule has 0 aliphatic rings. The summed E-state index contributed by atoms with van der Waals surface area (Å²) >= 11 is 0. The Morgan fingerprint density at radius 1 is 1.00 bits per heavy atom. The number of nitrogens with one attached hydrogen (secondary N) is 1. The van der Waals surface area contributed by atoms with Crippen molar-refractivity contribution in [1.29, 1.82) is 0 Å². The van der Waals surface area contributed by atoms with Gasteiger partial charge in [0.25, 0.3) is 0 Å². The first-order chi connectivity index (χ1) is 16.6. The molecule has 0 radical (unpaired) electrons. The maximum atomic E-state index is 13.6. The minimum Gasteiger partial charge on any atom is -0.497 e. The van der Waals surface area contributed by atoms with Gasteiger partial charge in [-0.05, 0) is 42.7 Å². The van der Waals surface area contributed by atoms with Crippen LogP contribution in [0.2, 0.25) is 0 Å². The molecule has 0 heterocycles. The maximum absolute atomic E-state index is 13.6. The van der Waals surface area contributed by atoms with E-state index in [0.29, 0.717) is 30.2 Å². The van der Waals surface area contributed by atoms with E-state index in [2.05, 4.69) is 5.32 Å². The summed E-state index contributed by atoms with van der Waals surface area (Å²) < 4.78 is 36.9. The molecular weight excluding hydrogens is 470 g/mol. The van der Waals surface area contributed by atoms with Crippen LogP contribution < -0.4 is 19.1 Å². The topological polar surface area (TPSA) is 105 Å². The average molecular weight is 506 g/mol. The Morgan fingerprint density at radius 2 is 1.63 bits per heavy atom. The molecule has 192 valence electrons. The van der Waals surface area contributed by atoms with E-state index in [4.69, 9.17) is 9.47 Å². The molecule has 10 heteroatoms. The van der Waals surface area contributed by atoms with Gasteiger partial charge in [-0.1, -0.05) is 32.0 Å². The molecule has 0 saturated heterocycles. The molecule has 0 saturated carbocycles. The fraction of sp³-hybridized carbons (Fsp3) is 0.440. The lowest BCUT2D eigenvalue weighted by Crippen LogP contribution is -2.52. The molecule has 2 aromatic rings. The zero-order chi connectivity index (χ0) is 26.0. The third-order valence-corrected chi connectivity index (χ3v) is 6.58. The summed E-state index contributed by atoms with van der Waals surface area (Å²) in [5.74, 6) is 0.298. The Balaban J connectivity index is 2.45. The first kappa shape index (κ1) is 28.0. The SMILES string of the molecule is CCCNC(=O)C(CC)N(Cc1cccc(OC)c1)C(=O)CN(c1cccc(OC)c1)S(C)(=O)=O. The minimum atomic E-state index is -3.81. The lowest BCUT2D eigenvalue weighted by Gasteiger charge is -2.33. The van der Waals surface area contributed by atoms with Crippen LogP contribution in [0.4, 0.5) is 5.69 Å². The summed E-state index contributed by atoms with van der Waals surface area (Å²) in [4.78, 5) is 28.0. The Morgan fingerprint density at radius 3 is 2.20 bits per heavy atom. The van der Waals surface area contributed by atoms with E-state index in [1.807, 2.05) is 19.9 Å². The zero-order valence-corrected chi connectivity index (χ0v) is 21.8. The molecule has 2 rings (SSSR count). The summed E-state index contributed by atoms with van der Waals surface area (Å²) in [5, 5.41) is 2.85. The molecule has 35 heavy (non-hydrogen) atoms.